The third kappa shape index (κ3) is 3.22. The van der Waals surface area contributed by atoms with E-state index in [0.717, 1.165) is 23.4 Å². The van der Waals surface area contributed by atoms with Gasteiger partial charge in [0.25, 0.3) is 0 Å². The number of hydrogen-bond donors (Lipinski definition) is 2. The number of nitrogens with zero attached hydrogens (tertiary/aromatic N) is 2. The molecule has 3 aromatic rings. The van der Waals surface area contributed by atoms with Crippen LogP contribution >= 0.6 is 11.3 Å². The van der Waals surface area contributed by atoms with Crippen LogP contribution in [0.15, 0.2) is 53.6 Å². The standard InChI is InChI=1S/C23H23N3OS/c1-4-16-6-9-18(10-7-16)26-12-20(27)21(22(26)24)23-25-19(13-28-23)17-8-5-14(2)15(3)11-17/h5-11,13,24,27H,4,12H2,1-3H3. The summed E-state index contributed by atoms with van der Waals surface area (Å²) < 4.78 is 0. The average molecular weight is 390 g/mol. The van der Waals surface area contributed by atoms with Gasteiger partial charge in [0.1, 0.15) is 16.6 Å². The average Bonchev–Trinajstić information content (AvgIpc) is 3.28. The number of hydrogen-bond acceptors (Lipinski definition) is 4. The van der Waals surface area contributed by atoms with Crippen LogP contribution < -0.4 is 4.90 Å². The molecule has 0 atom stereocenters. The van der Waals surface area contributed by atoms with Gasteiger partial charge in [0, 0.05) is 16.6 Å². The van der Waals surface area contributed by atoms with Crippen LogP contribution in [-0.2, 0) is 6.42 Å². The van der Waals surface area contributed by atoms with Crippen molar-refractivity contribution in [1.82, 2.24) is 4.98 Å². The molecule has 142 valence electrons. The fourth-order valence-corrected chi connectivity index (χ4v) is 4.25. The lowest BCUT2D eigenvalue weighted by Gasteiger charge is -2.18. The van der Waals surface area contributed by atoms with Crippen LogP contribution in [0.1, 0.15) is 28.6 Å². The number of aryl methyl sites for hydroxylation is 3. The van der Waals surface area contributed by atoms with Gasteiger partial charge in [0.05, 0.1) is 17.8 Å². The Kier molecular flexibility index (Phi) is 4.77. The van der Waals surface area contributed by atoms with Gasteiger partial charge in [-0.3, -0.25) is 5.41 Å². The van der Waals surface area contributed by atoms with Gasteiger partial charge in [-0.2, -0.15) is 0 Å². The lowest BCUT2D eigenvalue weighted by Crippen LogP contribution is -2.25. The normalized spacial score (nSPS) is 14.2. The third-order valence-electron chi connectivity index (χ3n) is 5.28. The number of benzene rings is 2. The molecular formula is C23H23N3OS. The maximum Gasteiger partial charge on any atom is 0.139 e. The molecule has 2 aromatic carbocycles. The van der Waals surface area contributed by atoms with Gasteiger partial charge in [-0.1, -0.05) is 31.2 Å². The van der Waals surface area contributed by atoms with Crippen molar-refractivity contribution < 1.29 is 5.11 Å². The first kappa shape index (κ1) is 18.4. The summed E-state index contributed by atoms with van der Waals surface area (Å²) in [5, 5.41) is 21.9. The molecule has 1 aliphatic rings. The molecule has 0 unspecified atom stereocenters. The summed E-state index contributed by atoms with van der Waals surface area (Å²) in [4.78, 5) is 6.54. The lowest BCUT2D eigenvalue weighted by atomic mass is 10.1. The lowest BCUT2D eigenvalue weighted by molar-refractivity contribution is 0.411. The van der Waals surface area contributed by atoms with E-state index in [9.17, 15) is 5.11 Å². The quantitative estimate of drug-likeness (QED) is 0.597. The topological polar surface area (TPSA) is 60.2 Å². The Bertz CT molecular complexity index is 1080. The third-order valence-corrected chi connectivity index (χ3v) is 6.14. The van der Waals surface area contributed by atoms with E-state index < -0.39 is 0 Å². The molecular weight excluding hydrogens is 366 g/mol. The molecule has 4 nitrogen and oxygen atoms in total. The maximum atomic E-state index is 10.6. The molecule has 2 heterocycles. The van der Waals surface area contributed by atoms with Crippen LogP contribution in [0, 0.1) is 19.3 Å². The molecule has 0 spiro atoms. The van der Waals surface area contributed by atoms with Crippen LogP contribution in [0.25, 0.3) is 16.8 Å². The van der Waals surface area contributed by atoms with Gasteiger partial charge in [0.15, 0.2) is 0 Å². The van der Waals surface area contributed by atoms with Crippen molar-refractivity contribution in [3.63, 3.8) is 0 Å². The minimum atomic E-state index is 0.200. The Morgan fingerprint density at radius 1 is 1.11 bits per heavy atom. The summed E-state index contributed by atoms with van der Waals surface area (Å²) in [5.41, 5.74) is 7.11. The highest BCUT2D eigenvalue weighted by molar-refractivity contribution is 7.11. The van der Waals surface area contributed by atoms with Crippen LogP contribution in [-0.4, -0.2) is 22.5 Å². The highest BCUT2D eigenvalue weighted by Gasteiger charge is 2.31. The monoisotopic (exact) mass is 389 g/mol. The predicted molar refractivity (Wildman–Crippen MR) is 117 cm³/mol. The van der Waals surface area contributed by atoms with E-state index >= 15 is 0 Å². The van der Waals surface area contributed by atoms with Gasteiger partial charge in [-0.25, -0.2) is 4.98 Å². The van der Waals surface area contributed by atoms with Gasteiger partial charge in [0.2, 0.25) is 0 Å². The van der Waals surface area contributed by atoms with E-state index in [0.29, 0.717) is 23.0 Å². The SMILES string of the molecule is CCc1ccc(N2CC(O)=C(c3nc(-c4ccc(C)c(C)c4)cs3)C2=N)cc1. The zero-order valence-electron chi connectivity index (χ0n) is 16.3. The van der Waals surface area contributed by atoms with Crippen LogP contribution in [0.3, 0.4) is 0 Å². The number of anilines is 1. The fourth-order valence-electron chi connectivity index (χ4n) is 3.36. The number of amidine groups is 1. The number of aliphatic hydroxyl groups is 1. The van der Waals surface area contributed by atoms with Crippen molar-refractivity contribution in [1.29, 1.82) is 5.41 Å². The molecule has 28 heavy (non-hydrogen) atoms. The molecule has 0 fully saturated rings. The molecule has 0 bridgehead atoms. The zero-order valence-corrected chi connectivity index (χ0v) is 17.1. The van der Waals surface area contributed by atoms with Crippen LogP contribution in [0.5, 0.6) is 0 Å². The molecule has 4 rings (SSSR count). The van der Waals surface area contributed by atoms with E-state index in [1.165, 1.54) is 28.0 Å². The van der Waals surface area contributed by atoms with Crippen molar-refractivity contribution in [2.45, 2.75) is 27.2 Å². The van der Waals surface area contributed by atoms with Crippen LogP contribution in [0.4, 0.5) is 5.69 Å². The van der Waals surface area contributed by atoms with Crippen molar-refractivity contribution in [3.05, 3.63) is 75.3 Å². The van der Waals surface area contributed by atoms with Crippen molar-refractivity contribution in [3.8, 4) is 11.3 Å². The Morgan fingerprint density at radius 2 is 1.86 bits per heavy atom. The zero-order chi connectivity index (χ0) is 19.8. The second kappa shape index (κ2) is 7.24. The van der Waals surface area contributed by atoms with Crippen molar-refractivity contribution in [2.24, 2.45) is 0 Å². The number of aromatic nitrogens is 1. The minimum Gasteiger partial charge on any atom is -0.510 e. The molecule has 2 N–H and O–H groups in total. The molecule has 1 aromatic heterocycles. The van der Waals surface area contributed by atoms with Gasteiger partial charge >= 0.3 is 0 Å². The molecule has 0 radical (unpaired) electrons. The second-order valence-corrected chi connectivity index (χ2v) is 7.97. The minimum absolute atomic E-state index is 0.200. The Labute approximate surface area is 169 Å². The number of nitrogens with one attached hydrogen (secondary N) is 1. The number of aliphatic hydroxyl groups excluding tert-OH is 1. The van der Waals surface area contributed by atoms with E-state index in [4.69, 9.17) is 10.4 Å². The Morgan fingerprint density at radius 3 is 2.54 bits per heavy atom. The summed E-state index contributed by atoms with van der Waals surface area (Å²) in [6, 6.07) is 14.4. The summed E-state index contributed by atoms with van der Waals surface area (Å²) in [7, 11) is 0. The van der Waals surface area contributed by atoms with E-state index in [1.54, 1.807) is 0 Å². The first-order valence-electron chi connectivity index (χ1n) is 9.39. The Balaban J connectivity index is 1.62. The van der Waals surface area contributed by atoms with Gasteiger partial charge < -0.3 is 10.0 Å². The van der Waals surface area contributed by atoms with Gasteiger partial charge in [-0.05, 0) is 55.2 Å². The number of thiazole rings is 1. The Hall–Kier alpha value is -2.92. The second-order valence-electron chi connectivity index (χ2n) is 7.11. The molecule has 0 amide bonds. The molecule has 0 saturated heterocycles. The summed E-state index contributed by atoms with van der Waals surface area (Å²) in [6.07, 6.45) is 0.979. The van der Waals surface area contributed by atoms with Gasteiger partial charge in [-0.15, -0.1) is 11.3 Å². The molecule has 5 heteroatoms. The predicted octanol–water partition coefficient (Wildman–Crippen LogP) is 5.76. The van der Waals surface area contributed by atoms with E-state index in [1.807, 2.05) is 22.4 Å². The van der Waals surface area contributed by atoms with Crippen molar-refractivity contribution >= 4 is 28.4 Å². The molecule has 0 aliphatic carbocycles. The molecule has 0 saturated carbocycles. The van der Waals surface area contributed by atoms with Crippen molar-refractivity contribution in [2.75, 3.05) is 11.4 Å². The first-order valence-corrected chi connectivity index (χ1v) is 10.3. The van der Waals surface area contributed by atoms with E-state index in [2.05, 4.69) is 51.1 Å². The summed E-state index contributed by atoms with van der Waals surface area (Å²) in [6.45, 7) is 6.61. The van der Waals surface area contributed by atoms with Crippen LogP contribution in [0.2, 0.25) is 0 Å². The highest BCUT2D eigenvalue weighted by Crippen LogP contribution is 2.34. The smallest absolute Gasteiger partial charge is 0.139 e. The summed E-state index contributed by atoms with van der Waals surface area (Å²) in [5.74, 6) is 0.494. The highest BCUT2D eigenvalue weighted by atomic mass is 32.1. The molecule has 1 aliphatic heterocycles. The fraction of sp³-hybridized carbons (Fsp3) is 0.217. The first-order chi connectivity index (χ1) is 13.5. The maximum absolute atomic E-state index is 10.6. The summed E-state index contributed by atoms with van der Waals surface area (Å²) >= 11 is 1.47. The van der Waals surface area contributed by atoms with E-state index in [-0.39, 0.29) is 5.76 Å². The number of rotatable bonds is 4. The largest absolute Gasteiger partial charge is 0.510 e.